The minimum absolute atomic E-state index is 0.155. The zero-order valence-corrected chi connectivity index (χ0v) is 12.4. The van der Waals surface area contributed by atoms with Gasteiger partial charge < -0.3 is 4.90 Å². The van der Waals surface area contributed by atoms with Crippen LogP contribution in [-0.4, -0.2) is 23.4 Å². The van der Waals surface area contributed by atoms with Crippen LogP contribution >= 0.6 is 0 Å². The Morgan fingerprint density at radius 2 is 2.22 bits per heavy atom. The second kappa shape index (κ2) is 6.77. The van der Waals surface area contributed by atoms with Gasteiger partial charge in [0.1, 0.15) is 0 Å². The summed E-state index contributed by atoms with van der Waals surface area (Å²) in [6, 6.07) is 0.276. The van der Waals surface area contributed by atoms with Gasteiger partial charge in [0.15, 0.2) is 0 Å². The van der Waals surface area contributed by atoms with E-state index in [0.29, 0.717) is 11.8 Å². The van der Waals surface area contributed by atoms with Crippen molar-refractivity contribution < 1.29 is 4.79 Å². The maximum Gasteiger partial charge on any atom is 0.219 e. The standard InChI is InChI=1S/C16H27NO/c1-12(2)17(15(5)18)10-6-7-16-9-8-13(3)11-14(16)4/h6-7,11-12,14,16H,8-10H2,1-5H3/b7-6+. The van der Waals surface area contributed by atoms with Gasteiger partial charge in [-0.05, 0) is 45.4 Å². The fourth-order valence-corrected chi connectivity index (χ4v) is 2.64. The molecule has 102 valence electrons. The first-order valence-electron chi connectivity index (χ1n) is 7.03. The molecule has 0 bridgehead atoms. The molecule has 18 heavy (non-hydrogen) atoms. The van der Waals surface area contributed by atoms with Crippen molar-refractivity contribution in [3.8, 4) is 0 Å². The summed E-state index contributed by atoms with van der Waals surface area (Å²) < 4.78 is 0. The molecule has 0 aromatic carbocycles. The van der Waals surface area contributed by atoms with Crippen LogP contribution in [0.25, 0.3) is 0 Å². The Morgan fingerprint density at radius 1 is 1.56 bits per heavy atom. The summed E-state index contributed by atoms with van der Waals surface area (Å²) in [7, 11) is 0. The predicted molar refractivity (Wildman–Crippen MR) is 77.3 cm³/mol. The third-order valence-corrected chi connectivity index (χ3v) is 3.81. The molecule has 1 rings (SSSR count). The SMILES string of the molecule is CC(=O)N(C/C=C/C1CCC(C)=CC1C)C(C)C. The van der Waals surface area contributed by atoms with Gasteiger partial charge in [0.25, 0.3) is 0 Å². The average Bonchev–Trinajstić information content (AvgIpc) is 2.25. The molecule has 1 aliphatic rings. The molecule has 0 aromatic heterocycles. The van der Waals surface area contributed by atoms with Crippen molar-refractivity contribution in [3.63, 3.8) is 0 Å². The molecule has 0 aliphatic heterocycles. The van der Waals surface area contributed by atoms with Crippen LogP contribution in [0, 0.1) is 11.8 Å². The number of amides is 1. The molecule has 2 atom stereocenters. The lowest BCUT2D eigenvalue weighted by Crippen LogP contribution is -2.35. The minimum Gasteiger partial charge on any atom is -0.337 e. The molecule has 0 saturated heterocycles. The van der Waals surface area contributed by atoms with E-state index in [1.807, 2.05) is 4.90 Å². The van der Waals surface area contributed by atoms with Gasteiger partial charge in [-0.3, -0.25) is 4.79 Å². The summed E-state index contributed by atoms with van der Waals surface area (Å²) in [5, 5.41) is 0. The van der Waals surface area contributed by atoms with E-state index in [2.05, 4.69) is 45.9 Å². The lowest BCUT2D eigenvalue weighted by atomic mass is 9.82. The Balaban J connectivity index is 2.52. The summed E-state index contributed by atoms with van der Waals surface area (Å²) in [5.74, 6) is 1.41. The van der Waals surface area contributed by atoms with Crippen LogP contribution in [-0.2, 0) is 4.79 Å². The molecule has 1 aliphatic carbocycles. The number of carbonyl (C=O) groups excluding carboxylic acids is 1. The fourth-order valence-electron chi connectivity index (χ4n) is 2.64. The molecule has 2 nitrogen and oxygen atoms in total. The van der Waals surface area contributed by atoms with Crippen LogP contribution in [0.15, 0.2) is 23.8 Å². The molecule has 0 spiro atoms. The van der Waals surface area contributed by atoms with Gasteiger partial charge in [0.05, 0.1) is 0 Å². The maximum atomic E-state index is 11.5. The average molecular weight is 249 g/mol. The Morgan fingerprint density at radius 3 is 2.72 bits per heavy atom. The second-order valence-corrected chi connectivity index (χ2v) is 5.77. The van der Waals surface area contributed by atoms with Crippen LogP contribution in [0.4, 0.5) is 0 Å². The molecule has 0 saturated carbocycles. The van der Waals surface area contributed by atoms with E-state index in [1.165, 1.54) is 18.4 Å². The molecular formula is C16H27NO. The van der Waals surface area contributed by atoms with Crippen LogP contribution in [0.1, 0.15) is 47.5 Å². The lowest BCUT2D eigenvalue weighted by Gasteiger charge is -2.26. The highest BCUT2D eigenvalue weighted by Gasteiger charge is 2.17. The number of allylic oxidation sites excluding steroid dienone is 3. The smallest absolute Gasteiger partial charge is 0.219 e. The number of nitrogens with zero attached hydrogens (tertiary/aromatic N) is 1. The van der Waals surface area contributed by atoms with E-state index in [4.69, 9.17) is 0 Å². The topological polar surface area (TPSA) is 20.3 Å². The van der Waals surface area contributed by atoms with Crippen LogP contribution in [0.2, 0.25) is 0 Å². The van der Waals surface area contributed by atoms with E-state index in [9.17, 15) is 4.79 Å². The number of carbonyl (C=O) groups is 1. The molecular weight excluding hydrogens is 222 g/mol. The predicted octanol–water partition coefficient (Wildman–Crippen LogP) is 3.79. The van der Waals surface area contributed by atoms with Crippen LogP contribution < -0.4 is 0 Å². The Kier molecular flexibility index (Phi) is 5.64. The summed E-state index contributed by atoms with van der Waals surface area (Å²) >= 11 is 0. The monoisotopic (exact) mass is 249 g/mol. The quantitative estimate of drug-likeness (QED) is 0.694. The van der Waals surface area contributed by atoms with Gasteiger partial charge in [0, 0.05) is 19.5 Å². The lowest BCUT2D eigenvalue weighted by molar-refractivity contribution is -0.129. The number of hydrogen-bond donors (Lipinski definition) is 0. The largest absolute Gasteiger partial charge is 0.337 e. The minimum atomic E-state index is 0.155. The van der Waals surface area contributed by atoms with Crippen molar-refractivity contribution in [2.75, 3.05) is 6.54 Å². The van der Waals surface area contributed by atoms with Crippen LogP contribution in [0.5, 0.6) is 0 Å². The Bertz CT molecular complexity index is 341. The summed E-state index contributed by atoms with van der Waals surface area (Å²) in [6.45, 7) is 11.0. The van der Waals surface area contributed by atoms with Crippen molar-refractivity contribution in [2.45, 2.75) is 53.5 Å². The van der Waals surface area contributed by atoms with E-state index in [0.717, 1.165) is 6.54 Å². The highest BCUT2D eigenvalue weighted by atomic mass is 16.2. The molecule has 1 amide bonds. The van der Waals surface area contributed by atoms with Gasteiger partial charge in [-0.15, -0.1) is 0 Å². The van der Waals surface area contributed by atoms with Gasteiger partial charge >= 0.3 is 0 Å². The first-order valence-corrected chi connectivity index (χ1v) is 7.03. The van der Waals surface area contributed by atoms with Crippen molar-refractivity contribution in [2.24, 2.45) is 11.8 Å². The molecule has 0 heterocycles. The van der Waals surface area contributed by atoms with E-state index in [1.54, 1.807) is 6.92 Å². The second-order valence-electron chi connectivity index (χ2n) is 5.77. The highest BCUT2D eigenvalue weighted by Crippen LogP contribution is 2.29. The van der Waals surface area contributed by atoms with Crippen molar-refractivity contribution >= 4 is 5.91 Å². The zero-order chi connectivity index (χ0) is 13.7. The van der Waals surface area contributed by atoms with Gasteiger partial charge in [0.2, 0.25) is 5.91 Å². The third-order valence-electron chi connectivity index (χ3n) is 3.81. The first kappa shape index (κ1) is 15.0. The highest BCUT2D eigenvalue weighted by molar-refractivity contribution is 5.73. The van der Waals surface area contributed by atoms with E-state index >= 15 is 0 Å². The summed E-state index contributed by atoms with van der Waals surface area (Å²) in [6.07, 6.45) is 9.29. The Labute approximate surface area is 112 Å². The molecule has 0 radical (unpaired) electrons. The molecule has 0 fully saturated rings. The van der Waals surface area contributed by atoms with Crippen LogP contribution in [0.3, 0.4) is 0 Å². The molecule has 0 N–H and O–H groups in total. The molecule has 2 heteroatoms. The Hall–Kier alpha value is -1.05. The fraction of sp³-hybridized carbons (Fsp3) is 0.688. The van der Waals surface area contributed by atoms with E-state index < -0.39 is 0 Å². The van der Waals surface area contributed by atoms with Crippen molar-refractivity contribution in [1.29, 1.82) is 0 Å². The van der Waals surface area contributed by atoms with Gasteiger partial charge in [-0.1, -0.05) is 30.7 Å². The normalized spacial score (nSPS) is 24.4. The van der Waals surface area contributed by atoms with Crippen molar-refractivity contribution in [1.82, 2.24) is 4.90 Å². The number of hydrogen-bond acceptors (Lipinski definition) is 1. The first-order chi connectivity index (χ1) is 8.41. The molecule has 0 aromatic rings. The zero-order valence-electron chi connectivity index (χ0n) is 12.4. The van der Waals surface area contributed by atoms with Crippen molar-refractivity contribution in [3.05, 3.63) is 23.8 Å². The van der Waals surface area contributed by atoms with E-state index in [-0.39, 0.29) is 11.9 Å². The van der Waals surface area contributed by atoms with Gasteiger partial charge in [-0.25, -0.2) is 0 Å². The number of rotatable bonds is 4. The van der Waals surface area contributed by atoms with Gasteiger partial charge in [-0.2, -0.15) is 0 Å². The third kappa shape index (κ3) is 4.32. The summed E-state index contributed by atoms with van der Waals surface area (Å²) in [4.78, 5) is 13.4. The molecule has 2 unspecified atom stereocenters. The summed E-state index contributed by atoms with van der Waals surface area (Å²) in [5.41, 5.74) is 1.51. The maximum absolute atomic E-state index is 11.5.